The van der Waals surface area contributed by atoms with Gasteiger partial charge in [-0.2, -0.15) is 0 Å². The van der Waals surface area contributed by atoms with Crippen molar-refractivity contribution in [2.45, 2.75) is 19.8 Å². The summed E-state index contributed by atoms with van der Waals surface area (Å²) >= 11 is 0. The molecule has 0 fully saturated rings. The third-order valence-electron chi connectivity index (χ3n) is 2.06. The maximum Gasteiger partial charge on any atom is 0.339 e. The summed E-state index contributed by atoms with van der Waals surface area (Å²) < 4.78 is 0. The minimum atomic E-state index is -0.980. The fourth-order valence-electron chi connectivity index (χ4n) is 1.26. The van der Waals surface area contributed by atoms with E-state index >= 15 is 0 Å². The van der Waals surface area contributed by atoms with Crippen molar-refractivity contribution in [1.29, 1.82) is 0 Å². The van der Waals surface area contributed by atoms with Crippen LogP contribution in [0.2, 0.25) is 0 Å². The summed E-state index contributed by atoms with van der Waals surface area (Å²) in [6, 6.07) is 3.23. The van der Waals surface area contributed by atoms with Crippen LogP contribution in [0.25, 0.3) is 0 Å². The van der Waals surface area contributed by atoms with Crippen LogP contribution in [-0.4, -0.2) is 22.6 Å². The van der Waals surface area contributed by atoms with Crippen molar-refractivity contribution >= 4 is 11.8 Å². The molecule has 4 nitrogen and oxygen atoms in total. The molecule has 0 aliphatic rings. The van der Waals surface area contributed by atoms with Crippen LogP contribution in [0.3, 0.4) is 0 Å². The highest BCUT2D eigenvalue weighted by Crippen LogP contribution is 2.13. The van der Waals surface area contributed by atoms with Gasteiger partial charge in [-0.05, 0) is 25.5 Å². The van der Waals surface area contributed by atoms with Gasteiger partial charge in [0.1, 0.15) is 11.4 Å². The summed E-state index contributed by atoms with van der Waals surface area (Å²) in [6.07, 6.45) is 6.59. The zero-order chi connectivity index (χ0) is 12.0. The predicted octanol–water partition coefficient (Wildman–Crippen LogP) is 1.91. The number of carboxylic acid groups (broad SMARTS) is 1. The molecular formula is C12H14N2O2. The molecule has 1 rings (SSSR count). The van der Waals surface area contributed by atoms with E-state index in [4.69, 9.17) is 11.5 Å². The van der Waals surface area contributed by atoms with E-state index in [1.165, 1.54) is 0 Å². The highest BCUT2D eigenvalue weighted by molar-refractivity contribution is 5.93. The number of pyridine rings is 1. The van der Waals surface area contributed by atoms with Crippen LogP contribution in [0.5, 0.6) is 0 Å². The molecule has 0 unspecified atom stereocenters. The van der Waals surface area contributed by atoms with Crippen LogP contribution in [-0.2, 0) is 0 Å². The molecule has 0 aliphatic heterocycles. The van der Waals surface area contributed by atoms with Crippen molar-refractivity contribution in [3.8, 4) is 12.3 Å². The van der Waals surface area contributed by atoms with Gasteiger partial charge in [-0.15, -0.1) is 12.3 Å². The van der Waals surface area contributed by atoms with Crippen LogP contribution < -0.4 is 5.32 Å². The number of carboxylic acids is 1. The summed E-state index contributed by atoms with van der Waals surface area (Å²) in [5.41, 5.74) is 0.968. The van der Waals surface area contributed by atoms with Crippen LogP contribution >= 0.6 is 0 Å². The number of terminal acetylenes is 1. The van der Waals surface area contributed by atoms with Crippen molar-refractivity contribution in [1.82, 2.24) is 4.98 Å². The molecule has 0 aromatic carbocycles. The lowest BCUT2D eigenvalue weighted by atomic mass is 10.2. The van der Waals surface area contributed by atoms with Gasteiger partial charge in [0.15, 0.2) is 0 Å². The largest absolute Gasteiger partial charge is 0.478 e. The van der Waals surface area contributed by atoms with E-state index in [-0.39, 0.29) is 5.56 Å². The number of hydrogen-bond donors (Lipinski definition) is 2. The maximum atomic E-state index is 10.9. The Balaban J connectivity index is 2.73. The number of nitrogens with one attached hydrogen (secondary N) is 1. The lowest BCUT2D eigenvalue weighted by Gasteiger charge is -2.08. The van der Waals surface area contributed by atoms with Crippen LogP contribution in [0.1, 0.15) is 28.9 Å². The minimum Gasteiger partial charge on any atom is -0.478 e. The van der Waals surface area contributed by atoms with Crippen molar-refractivity contribution in [2.75, 3.05) is 11.9 Å². The fraction of sp³-hybridized carbons (Fsp3) is 0.333. The van der Waals surface area contributed by atoms with E-state index in [1.54, 1.807) is 12.1 Å². The molecule has 2 N–H and O–H groups in total. The first-order chi connectivity index (χ1) is 7.65. The molecular weight excluding hydrogens is 204 g/mol. The number of aromatic carboxylic acids is 1. The lowest BCUT2D eigenvalue weighted by Crippen LogP contribution is -2.10. The van der Waals surface area contributed by atoms with Gasteiger partial charge in [0, 0.05) is 18.7 Å². The van der Waals surface area contributed by atoms with Gasteiger partial charge in [-0.25, -0.2) is 9.78 Å². The highest BCUT2D eigenvalue weighted by Gasteiger charge is 2.10. The second-order valence-electron chi connectivity index (χ2n) is 3.39. The first kappa shape index (κ1) is 12.1. The number of hydrogen-bond acceptors (Lipinski definition) is 3. The Morgan fingerprint density at radius 2 is 2.38 bits per heavy atom. The minimum absolute atomic E-state index is 0.186. The Labute approximate surface area is 94.7 Å². The molecule has 0 radical (unpaired) electrons. The summed E-state index contributed by atoms with van der Waals surface area (Å²) in [7, 11) is 0. The van der Waals surface area contributed by atoms with Crippen LogP contribution in [0.15, 0.2) is 12.1 Å². The molecule has 0 amide bonds. The third kappa shape index (κ3) is 3.28. The summed E-state index contributed by atoms with van der Waals surface area (Å²) in [5, 5.41) is 11.9. The van der Waals surface area contributed by atoms with Gasteiger partial charge in [0.25, 0.3) is 0 Å². The molecule has 0 atom stereocenters. The second-order valence-corrected chi connectivity index (χ2v) is 3.39. The van der Waals surface area contributed by atoms with E-state index in [0.29, 0.717) is 18.8 Å². The van der Waals surface area contributed by atoms with Gasteiger partial charge in [-0.3, -0.25) is 0 Å². The Morgan fingerprint density at radius 1 is 1.62 bits per heavy atom. The number of aryl methyl sites for hydroxylation is 1. The average molecular weight is 218 g/mol. The SMILES string of the molecule is C#CCCCNc1nc(C)ccc1C(=O)O. The monoisotopic (exact) mass is 218 g/mol. The molecule has 0 bridgehead atoms. The van der Waals surface area contributed by atoms with Gasteiger partial charge < -0.3 is 10.4 Å². The number of anilines is 1. The predicted molar refractivity (Wildman–Crippen MR) is 62.5 cm³/mol. The van der Waals surface area contributed by atoms with Gasteiger partial charge in [0.2, 0.25) is 0 Å². The van der Waals surface area contributed by atoms with E-state index in [9.17, 15) is 4.79 Å². The Hall–Kier alpha value is -2.02. The number of nitrogens with zero attached hydrogens (tertiary/aromatic N) is 1. The average Bonchev–Trinajstić information content (AvgIpc) is 2.24. The Morgan fingerprint density at radius 3 is 3.00 bits per heavy atom. The topological polar surface area (TPSA) is 62.2 Å². The van der Waals surface area contributed by atoms with Crippen LogP contribution in [0, 0.1) is 19.3 Å². The normalized spacial score (nSPS) is 9.50. The number of carbonyl (C=O) groups is 1. The van der Waals surface area contributed by atoms with Gasteiger partial charge in [-0.1, -0.05) is 0 Å². The molecule has 0 spiro atoms. The zero-order valence-corrected chi connectivity index (χ0v) is 9.16. The van der Waals surface area contributed by atoms with Crippen molar-refractivity contribution in [3.05, 3.63) is 23.4 Å². The van der Waals surface area contributed by atoms with E-state index < -0.39 is 5.97 Å². The van der Waals surface area contributed by atoms with Crippen molar-refractivity contribution in [3.63, 3.8) is 0 Å². The summed E-state index contributed by atoms with van der Waals surface area (Å²) in [6.45, 7) is 2.44. The lowest BCUT2D eigenvalue weighted by molar-refractivity contribution is 0.0697. The van der Waals surface area contributed by atoms with Gasteiger partial charge >= 0.3 is 5.97 Å². The van der Waals surface area contributed by atoms with E-state index in [2.05, 4.69) is 16.2 Å². The molecule has 0 aliphatic carbocycles. The summed E-state index contributed by atoms with van der Waals surface area (Å²) in [4.78, 5) is 15.1. The standard InChI is InChI=1S/C12H14N2O2/c1-3-4-5-8-13-11-10(12(15)16)7-6-9(2)14-11/h1,6-7H,4-5,8H2,2H3,(H,13,14)(H,15,16). The molecule has 16 heavy (non-hydrogen) atoms. The third-order valence-corrected chi connectivity index (χ3v) is 2.06. The molecule has 1 aromatic heterocycles. The molecule has 0 saturated carbocycles. The molecule has 4 heteroatoms. The highest BCUT2D eigenvalue weighted by atomic mass is 16.4. The van der Waals surface area contributed by atoms with Gasteiger partial charge in [0.05, 0.1) is 0 Å². The van der Waals surface area contributed by atoms with Crippen LogP contribution in [0.4, 0.5) is 5.82 Å². The Bertz CT molecular complexity index is 422. The number of unbranched alkanes of at least 4 members (excludes halogenated alkanes) is 1. The smallest absolute Gasteiger partial charge is 0.339 e. The zero-order valence-electron chi connectivity index (χ0n) is 9.16. The molecule has 1 heterocycles. The quantitative estimate of drug-likeness (QED) is 0.585. The van der Waals surface area contributed by atoms with Crippen molar-refractivity contribution < 1.29 is 9.90 Å². The fourth-order valence-corrected chi connectivity index (χ4v) is 1.26. The first-order valence-corrected chi connectivity index (χ1v) is 5.03. The number of aromatic nitrogens is 1. The molecule has 84 valence electrons. The second kappa shape index (κ2) is 5.76. The Kier molecular flexibility index (Phi) is 4.34. The van der Waals surface area contributed by atoms with E-state index in [1.807, 2.05) is 6.92 Å². The van der Waals surface area contributed by atoms with E-state index in [0.717, 1.165) is 12.1 Å². The maximum absolute atomic E-state index is 10.9. The van der Waals surface area contributed by atoms with Crippen molar-refractivity contribution in [2.24, 2.45) is 0 Å². The first-order valence-electron chi connectivity index (χ1n) is 5.03. The molecule has 1 aromatic rings. The number of rotatable bonds is 5. The summed E-state index contributed by atoms with van der Waals surface area (Å²) in [5.74, 6) is 1.95. The molecule has 0 saturated heterocycles.